The first-order valence-corrected chi connectivity index (χ1v) is 10.6. The number of nitrogens with zero attached hydrogens (tertiary/aromatic N) is 2. The minimum absolute atomic E-state index is 0.226. The van der Waals surface area contributed by atoms with Crippen LogP contribution in [0.15, 0.2) is 58.3 Å². The smallest absolute Gasteiger partial charge is 0.317 e. The highest BCUT2D eigenvalue weighted by molar-refractivity contribution is 7.07. The third-order valence-corrected chi connectivity index (χ3v) is 6.85. The summed E-state index contributed by atoms with van der Waals surface area (Å²) >= 11 is 7.53. The molecule has 152 valence electrons. The van der Waals surface area contributed by atoms with Crippen molar-refractivity contribution in [2.24, 2.45) is 10.9 Å². The van der Waals surface area contributed by atoms with Crippen LogP contribution in [0, 0.1) is 5.92 Å². The van der Waals surface area contributed by atoms with Gasteiger partial charge in [0.25, 0.3) is 5.56 Å². The fraction of sp³-hybridized carbons (Fsp3) is 0.227. The highest BCUT2D eigenvalue weighted by Gasteiger charge is 2.55. The average Bonchev–Trinajstić information content (AvgIpc) is 3.02. The standard InChI is InChI=1S/C22H17ClN2O4S/c1-22-17(20(27)28-2)18(13-8-4-6-10-15(13)29-22)25-19(26)16(30-21(25)24-22)11-12-7-3-5-9-14(12)23/h3-11,17-18H,1-2H3/b16-11+/t17-,18+,22+/m1/s1. The van der Waals surface area contributed by atoms with Crippen molar-refractivity contribution < 1.29 is 14.3 Å². The molecule has 0 saturated heterocycles. The number of rotatable bonds is 2. The molecule has 6 nitrogen and oxygen atoms in total. The molecule has 3 atom stereocenters. The molecule has 0 spiro atoms. The van der Waals surface area contributed by atoms with Crippen LogP contribution in [0.2, 0.25) is 5.02 Å². The summed E-state index contributed by atoms with van der Waals surface area (Å²) in [6.07, 6.45) is 1.75. The van der Waals surface area contributed by atoms with Crippen LogP contribution in [0.25, 0.3) is 6.08 Å². The maximum Gasteiger partial charge on any atom is 0.317 e. The first-order valence-electron chi connectivity index (χ1n) is 9.36. The molecule has 0 aliphatic carbocycles. The molecule has 2 bridgehead atoms. The molecule has 0 saturated carbocycles. The highest BCUT2D eigenvalue weighted by atomic mass is 35.5. The van der Waals surface area contributed by atoms with Gasteiger partial charge in [-0.2, -0.15) is 0 Å². The molecule has 3 aromatic rings. The molecule has 2 aliphatic heterocycles. The number of ether oxygens (including phenoxy) is 2. The molecule has 0 fully saturated rings. The summed E-state index contributed by atoms with van der Waals surface area (Å²) in [5.41, 5.74) is 0.0956. The number of benzene rings is 2. The Balaban J connectivity index is 1.81. The third kappa shape index (κ3) is 2.73. The van der Waals surface area contributed by atoms with Gasteiger partial charge in [0.2, 0.25) is 5.72 Å². The van der Waals surface area contributed by atoms with Gasteiger partial charge in [-0.25, -0.2) is 4.99 Å². The van der Waals surface area contributed by atoms with Crippen molar-refractivity contribution in [2.45, 2.75) is 18.7 Å². The lowest BCUT2D eigenvalue weighted by Crippen LogP contribution is -2.58. The van der Waals surface area contributed by atoms with Crippen LogP contribution >= 0.6 is 22.9 Å². The number of thiazole rings is 1. The van der Waals surface area contributed by atoms with E-state index in [1.165, 1.54) is 18.4 Å². The van der Waals surface area contributed by atoms with E-state index >= 15 is 0 Å². The largest absolute Gasteiger partial charge is 0.469 e. The summed E-state index contributed by atoms with van der Waals surface area (Å²) in [5, 5.41) is 0.553. The number of carbonyl (C=O) groups excluding carboxylic acids is 1. The van der Waals surface area contributed by atoms with Crippen LogP contribution in [0.4, 0.5) is 0 Å². The fourth-order valence-electron chi connectivity index (χ4n) is 4.16. The Labute approximate surface area is 180 Å². The Kier molecular flexibility index (Phi) is 4.34. The first-order chi connectivity index (χ1) is 14.4. The zero-order valence-electron chi connectivity index (χ0n) is 16.2. The van der Waals surface area contributed by atoms with Crippen LogP contribution in [0.1, 0.15) is 24.1 Å². The summed E-state index contributed by atoms with van der Waals surface area (Å²) in [7, 11) is 1.33. The molecule has 0 N–H and O–H groups in total. The highest BCUT2D eigenvalue weighted by Crippen LogP contribution is 2.47. The number of esters is 1. The minimum Gasteiger partial charge on any atom is -0.469 e. The van der Waals surface area contributed by atoms with E-state index < -0.39 is 23.7 Å². The lowest BCUT2D eigenvalue weighted by molar-refractivity contribution is -0.158. The summed E-state index contributed by atoms with van der Waals surface area (Å²) in [6, 6.07) is 14.1. The van der Waals surface area contributed by atoms with Gasteiger partial charge in [0.15, 0.2) is 4.80 Å². The van der Waals surface area contributed by atoms with Crippen molar-refractivity contribution >= 4 is 35.0 Å². The van der Waals surface area contributed by atoms with Crippen LogP contribution in [0.3, 0.4) is 0 Å². The lowest BCUT2D eigenvalue weighted by atomic mass is 9.81. The van der Waals surface area contributed by atoms with E-state index in [-0.39, 0.29) is 5.56 Å². The van der Waals surface area contributed by atoms with E-state index in [9.17, 15) is 9.59 Å². The Bertz CT molecular complexity index is 1360. The van der Waals surface area contributed by atoms with E-state index in [2.05, 4.69) is 0 Å². The van der Waals surface area contributed by atoms with E-state index in [1.54, 1.807) is 23.6 Å². The van der Waals surface area contributed by atoms with Gasteiger partial charge in [-0.1, -0.05) is 59.3 Å². The summed E-state index contributed by atoms with van der Waals surface area (Å²) < 4.78 is 13.3. The second-order valence-electron chi connectivity index (χ2n) is 7.34. The predicted octanol–water partition coefficient (Wildman–Crippen LogP) is 2.51. The van der Waals surface area contributed by atoms with Crippen molar-refractivity contribution in [1.82, 2.24) is 4.57 Å². The maximum absolute atomic E-state index is 13.4. The molecule has 3 heterocycles. The molecule has 30 heavy (non-hydrogen) atoms. The molecular formula is C22H17ClN2O4S. The predicted molar refractivity (Wildman–Crippen MR) is 113 cm³/mol. The monoisotopic (exact) mass is 440 g/mol. The van der Waals surface area contributed by atoms with Crippen molar-refractivity contribution in [2.75, 3.05) is 7.11 Å². The fourth-order valence-corrected chi connectivity index (χ4v) is 5.44. The number of hydrogen-bond donors (Lipinski definition) is 0. The van der Waals surface area contributed by atoms with Crippen molar-refractivity contribution in [1.29, 1.82) is 0 Å². The zero-order chi connectivity index (χ0) is 21.0. The van der Waals surface area contributed by atoms with E-state index in [4.69, 9.17) is 26.1 Å². The van der Waals surface area contributed by atoms with Crippen LogP contribution in [-0.2, 0) is 9.53 Å². The van der Waals surface area contributed by atoms with Crippen LogP contribution in [0.5, 0.6) is 5.75 Å². The third-order valence-electron chi connectivity index (χ3n) is 5.53. The lowest BCUT2D eigenvalue weighted by Gasteiger charge is -2.44. The van der Waals surface area contributed by atoms with Gasteiger partial charge in [-0.3, -0.25) is 14.2 Å². The first kappa shape index (κ1) is 19.1. The molecule has 0 amide bonds. The summed E-state index contributed by atoms with van der Waals surface area (Å²) in [6.45, 7) is 1.75. The maximum atomic E-state index is 13.4. The van der Waals surface area contributed by atoms with Gasteiger partial charge in [0, 0.05) is 10.6 Å². The number of hydrogen-bond acceptors (Lipinski definition) is 6. The summed E-state index contributed by atoms with van der Waals surface area (Å²) in [5.74, 6) is -0.652. The molecule has 8 heteroatoms. The van der Waals surface area contributed by atoms with Gasteiger partial charge >= 0.3 is 5.97 Å². The molecular weight excluding hydrogens is 424 g/mol. The number of aromatic nitrogens is 1. The van der Waals surface area contributed by atoms with Crippen molar-refractivity contribution in [3.63, 3.8) is 0 Å². The van der Waals surface area contributed by atoms with E-state index in [1.807, 2.05) is 42.5 Å². The molecule has 0 unspecified atom stereocenters. The molecule has 2 aromatic carbocycles. The Morgan fingerprint density at radius 1 is 1.27 bits per heavy atom. The quantitative estimate of drug-likeness (QED) is 0.574. The molecule has 2 aliphatic rings. The average molecular weight is 441 g/mol. The second kappa shape index (κ2) is 6.82. The topological polar surface area (TPSA) is 69.9 Å². The number of para-hydroxylation sites is 1. The van der Waals surface area contributed by atoms with Gasteiger partial charge in [-0.15, -0.1) is 0 Å². The SMILES string of the molecule is COC(=O)[C@H]1[C@@H]2c3ccccc3O[C@]1(C)N=c1s/c(=C/c3ccccc3Cl)c(=O)n12. The van der Waals surface area contributed by atoms with Gasteiger partial charge in [-0.05, 0) is 30.7 Å². The Morgan fingerprint density at radius 3 is 2.77 bits per heavy atom. The van der Waals surface area contributed by atoms with Crippen LogP contribution in [-0.4, -0.2) is 23.4 Å². The van der Waals surface area contributed by atoms with Crippen molar-refractivity contribution in [3.05, 3.63) is 84.4 Å². The summed E-state index contributed by atoms with van der Waals surface area (Å²) in [4.78, 5) is 31.4. The number of carbonyl (C=O) groups is 1. The number of halogens is 1. The number of fused-ring (bicyclic) bond motifs is 6. The van der Waals surface area contributed by atoms with E-state index in [0.29, 0.717) is 20.1 Å². The number of methoxy groups -OCH3 is 1. The molecule has 0 radical (unpaired) electrons. The van der Waals surface area contributed by atoms with Crippen molar-refractivity contribution in [3.8, 4) is 5.75 Å². The van der Waals surface area contributed by atoms with E-state index in [0.717, 1.165) is 11.1 Å². The Hall–Kier alpha value is -2.90. The zero-order valence-corrected chi connectivity index (χ0v) is 17.7. The Morgan fingerprint density at radius 2 is 2.00 bits per heavy atom. The van der Waals surface area contributed by atoms with Gasteiger partial charge in [0.1, 0.15) is 11.7 Å². The minimum atomic E-state index is -1.18. The molecule has 1 aromatic heterocycles. The second-order valence-corrected chi connectivity index (χ2v) is 8.76. The van der Waals surface area contributed by atoms with Crippen LogP contribution < -0.4 is 19.6 Å². The van der Waals surface area contributed by atoms with Gasteiger partial charge < -0.3 is 9.47 Å². The van der Waals surface area contributed by atoms with Gasteiger partial charge in [0.05, 0.1) is 17.7 Å². The normalized spacial score (nSPS) is 24.3. The molecule has 5 rings (SSSR count).